The van der Waals surface area contributed by atoms with Crippen LogP contribution < -0.4 is 5.32 Å². The van der Waals surface area contributed by atoms with Crippen molar-refractivity contribution in [2.45, 2.75) is 26.0 Å². The zero-order chi connectivity index (χ0) is 11.1. The summed E-state index contributed by atoms with van der Waals surface area (Å²) in [5, 5.41) is 3.13. The number of nitrogens with zero attached hydrogens (tertiary/aromatic N) is 1. The molecule has 1 N–H and O–H groups in total. The number of aromatic nitrogens is 1. The fourth-order valence-electron chi connectivity index (χ4n) is 1.20. The number of nitrogens with one attached hydrogen (secondary N) is 1. The van der Waals surface area contributed by atoms with Crippen LogP contribution in [-0.4, -0.2) is 17.8 Å². The summed E-state index contributed by atoms with van der Waals surface area (Å²) in [6.45, 7) is 4.54. The van der Waals surface area contributed by atoms with E-state index in [1.807, 2.05) is 31.1 Å². The SMILES string of the molecule is CCC(C)CSCc1cc(NC)ccn1. The maximum atomic E-state index is 4.35. The van der Waals surface area contributed by atoms with Gasteiger partial charge in [0.2, 0.25) is 0 Å². The summed E-state index contributed by atoms with van der Waals surface area (Å²) in [5.74, 6) is 3.05. The van der Waals surface area contributed by atoms with Crippen molar-refractivity contribution in [3.05, 3.63) is 24.0 Å². The van der Waals surface area contributed by atoms with E-state index in [4.69, 9.17) is 0 Å². The second kappa shape index (κ2) is 6.72. The third-order valence-corrected chi connectivity index (χ3v) is 3.76. The van der Waals surface area contributed by atoms with Crippen LogP contribution in [0.1, 0.15) is 26.0 Å². The first-order chi connectivity index (χ1) is 7.26. The Labute approximate surface area is 96.9 Å². The Hall–Kier alpha value is -0.700. The van der Waals surface area contributed by atoms with E-state index in [0.29, 0.717) is 0 Å². The standard InChI is InChI=1S/C12H20N2S/c1-4-10(2)8-15-9-12-7-11(13-3)5-6-14-12/h5-7,10H,4,8-9H2,1-3H3,(H,13,14). The lowest BCUT2D eigenvalue weighted by Crippen LogP contribution is -1.97. The van der Waals surface area contributed by atoms with Gasteiger partial charge in [0.1, 0.15) is 0 Å². The molecule has 84 valence electrons. The summed E-state index contributed by atoms with van der Waals surface area (Å²) in [6.07, 6.45) is 3.13. The van der Waals surface area contributed by atoms with Gasteiger partial charge in [-0.05, 0) is 23.8 Å². The quantitative estimate of drug-likeness (QED) is 0.801. The lowest BCUT2D eigenvalue weighted by atomic mass is 10.2. The zero-order valence-electron chi connectivity index (χ0n) is 9.79. The predicted octanol–water partition coefficient (Wildman–Crippen LogP) is 3.40. The molecule has 1 atom stereocenters. The first-order valence-corrected chi connectivity index (χ1v) is 6.62. The van der Waals surface area contributed by atoms with E-state index in [0.717, 1.165) is 23.1 Å². The Morgan fingerprint density at radius 3 is 3.00 bits per heavy atom. The molecule has 0 amide bonds. The second-order valence-corrected chi connectivity index (χ2v) is 4.84. The minimum Gasteiger partial charge on any atom is -0.388 e. The van der Waals surface area contributed by atoms with Gasteiger partial charge in [-0.2, -0.15) is 11.8 Å². The summed E-state index contributed by atoms with van der Waals surface area (Å²) in [4.78, 5) is 4.35. The van der Waals surface area contributed by atoms with Crippen LogP contribution in [-0.2, 0) is 5.75 Å². The van der Waals surface area contributed by atoms with E-state index in [2.05, 4.69) is 30.2 Å². The minimum absolute atomic E-state index is 0.808. The molecular formula is C12H20N2S. The highest BCUT2D eigenvalue weighted by atomic mass is 32.2. The van der Waals surface area contributed by atoms with Crippen molar-refractivity contribution in [3.8, 4) is 0 Å². The number of rotatable bonds is 6. The summed E-state index contributed by atoms with van der Waals surface area (Å²) >= 11 is 1.97. The Bertz CT molecular complexity index is 289. The Balaban J connectivity index is 2.37. The van der Waals surface area contributed by atoms with Gasteiger partial charge < -0.3 is 5.32 Å². The monoisotopic (exact) mass is 224 g/mol. The van der Waals surface area contributed by atoms with Crippen LogP contribution in [0, 0.1) is 5.92 Å². The minimum atomic E-state index is 0.808. The summed E-state index contributed by atoms with van der Waals surface area (Å²) in [5.41, 5.74) is 2.30. The molecular weight excluding hydrogens is 204 g/mol. The molecule has 0 aliphatic heterocycles. The molecule has 15 heavy (non-hydrogen) atoms. The van der Waals surface area contributed by atoms with Crippen molar-refractivity contribution in [2.24, 2.45) is 5.92 Å². The maximum Gasteiger partial charge on any atom is 0.0523 e. The molecule has 0 saturated heterocycles. The molecule has 1 aromatic rings. The largest absolute Gasteiger partial charge is 0.388 e. The lowest BCUT2D eigenvalue weighted by Gasteiger charge is -2.07. The molecule has 0 aliphatic carbocycles. The third-order valence-electron chi connectivity index (χ3n) is 2.45. The molecule has 2 nitrogen and oxygen atoms in total. The second-order valence-electron chi connectivity index (χ2n) is 3.81. The van der Waals surface area contributed by atoms with Crippen molar-refractivity contribution in [1.82, 2.24) is 4.98 Å². The van der Waals surface area contributed by atoms with Gasteiger partial charge in [-0.25, -0.2) is 0 Å². The van der Waals surface area contributed by atoms with Crippen LogP contribution in [0.4, 0.5) is 5.69 Å². The summed E-state index contributed by atoms with van der Waals surface area (Å²) in [6, 6.07) is 4.10. The van der Waals surface area contributed by atoms with Gasteiger partial charge in [0.15, 0.2) is 0 Å². The van der Waals surface area contributed by atoms with E-state index in [-0.39, 0.29) is 0 Å². The molecule has 0 bridgehead atoms. The molecule has 0 radical (unpaired) electrons. The van der Waals surface area contributed by atoms with Crippen molar-refractivity contribution >= 4 is 17.4 Å². The number of thioether (sulfide) groups is 1. The van der Waals surface area contributed by atoms with Crippen molar-refractivity contribution in [2.75, 3.05) is 18.1 Å². The van der Waals surface area contributed by atoms with E-state index in [1.54, 1.807) is 0 Å². The average molecular weight is 224 g/mol. The van der Waals surface area contributed by atoms with Gasteiger partial charge in [0.05, 0.1) is 5.69 Å². The highest BCUT2D eigenvalue weighted by Gasteiger charge is 2.00. The van der Waals surface area contributed by atoms with Gasteiger partial charge in [0, 0.05) is 24.7 Å². The fraction of sp³-hybridized carbons (Fsp3) is 0.583. The number of hydrogen-bond donors (Lipinski definition) is 1. The van der Waals surface area contributed by atoms with Crippen LogP contribution in [0.3, 0.4) is 0 Å². The Morgan fingerprint density at radius 1 is 1.53 bits per heavy atom. The predicted molar refractivity (Wildman–Crippen MR) is 69.4 cm³/mol. The van der Waals surface area contributed by atoms with Crippen LogP contribution in [0.25, 0.3) is 0 Å². The summed E-state index contributed by atoms with van der Waals surface area (Å²) in [7, 11) is 1.94. The number of pyridine rings is 1. The first-order valence-electron chi connectivity index (χ1n) is 5.46. The molecule has 0 aromatic carbocycles. The molecule has 0 spiro atoms. The molecule has 1 aromatic heterocycles. The van der Waals surface area contributed by atoms with Gasteiger partial charge in [-0.1, -0.05) is 20.3 Å². The van der Waals surface area contributed by atoms with Crippen LogP contribution in [0.15, 0.2) is 18.3 Å². The molecule has 0 aliphatic rings. The number of anilines is 1. The van der Waals surface area contributed by atoms with E-state index in [1.165, 1.54) is 12.2 Å². The van der Waals surface area contributed by atoms with Crippen LogP contribution >= 0.6 is 11.8 Å². The Morgan fingerprint density at radius 2 is 2.33 bits per heavy atom. The van der Waals surface area contributed by atoms with E-state index < -0.39 is 0 Å². The third kappa shape index (κ3) is 4.56. The maximum absolute atomic E-state index is 4.35. The van der Waals surface area contributed by atoms with Crippen LogP contribution in [0.2, 0.25) is 0 Å². The highest BCUT2D eigenvalue weighted by Crippen LogP contribution is 2.17. The topological polar surface area (TPSA) is 24.9 Å². The van der Waals surface area contributed by atoms with Crippen molar-refractivity contribution in [1.29, 1.82) is 0 Å². The molecule has 3 heteroatoms. The lowest BCUT2D eigenvalue weighted by molar-refractivity contribution is 0.637. The molecule has 1 rings (SSSR count). The average Bonchev–Trinajstić information content (AvgIpc) is 2.29. The van der Waals surface area contributed by atoms with Gasteiger partial charge in [-0.15, -0.1) is 0 Å². The first kappa shape index (κ1) is 12.4. The normalized spacial score (nSPS) is 12.5. The summed E-state index contributed by atoms with van der Waals surface area (Å²) < 4.78 is 0. The van der Waals surface area contributed by atoms with E-state index in [9.17, 15) is 0 Å². The molecule has 0 saturated carbocycles. The highest BCUT2D eigenvalue weighted by molar-refractivity contribution is 7.98. The number of hydrogen-bond acceptors (Lipinski definition) is 3. The molecule has 0 fully saturated rings. The Kier molecular flexibility index (Phi) is 5.54. The zero-order valence-corrected chi connectivity index (χ0v) is 10.6. The van der Waals surface area contributed by atoms with Crippen molar-refractivity contribution < 1.29 is 0 Å². The van der Waals surface area contributed by atoms with E-state index >= 15 is 0 Å². The van der Waals surface area contributed by atoms with Crippen LogP contribution in [0.5, 0.6) is 0 Å². The van der Waals surface area contributed by atoms with Gasteiger partial charge >= 0.3 is 0 Å². The fourth-order valence-corrected chi connectivity index (χ4v) is 2.32. The molecule has 1 unspecified atom stereocenters. The van der Waals surface area contributed by atoms with Gasteiger partial charge in [0.25, 0.3) is 0 Å². The smallest absolute Gasteiger partial charge is 0.0523 e. The molecule has 1 heterocycles. The van der Waals surface area contributed by atoms with Gasteiger partial charge in [-0.3, -0.25) is 4.98 Å². The van der Waals surface area contributed by atoms with Crippen molar-refractivity contribution in [3.63, 3.8) is 0 Å².